The molecule has 0 fully saturated rings. The number of nitriles is 1. The van der Waals surface area contributed by atoms with Crippen LogP contribution in [0.5, 0.6) is 11.5 Å². The smallest absolute Gasteiger partial charge is 0.243 e. The van der Waals surface area contributed by atoms with Crippen molar-refractivity contribution in [2.24, 2.45) is 0 Å². The van der Waals surface area contributed by atoms with Gasteiger partial charge in [0.05, 0.1) is 21.7 Å². The molecule has 1 aromatic heterocycles. The van der Waals surface area contributed by atoms with E-state index >= 15 is 4.39 Å². The first-order valence-electron chi connectivity index (χ1n) is 9.36. The fourth-order valence-electron chi connectivity index (χ4n) is 3.34. The van der Waals surface area contributed by atoms with E-state index in [0.717, 1.165) is 16.1 Å². The summed E-state index contributed by atoms with van der Waals surface area (Å²) in [5.41, 5.74) is 0.573. The lowest BCUT2D eigenvalue weighted by Gasteiger charge is -2.14. The fraction of sp³-hybridized carbons (Fsp3) is 0.0870. The van der Waals surface area contributed by atoms with Crippen molar-refractivity contribution >= 4 is 32.7 Å². The van der Waals surface area contributed by atoms with E-state index in [1.165, 1.54) is 30.1 Å². The van der Waals surface area contributed by atoms with Crippen LogP contribution in [0.2, 0.25) is 0 Å². The topological polar surface area (TPSA) is 72.1 Å². The van der Waals surface area contributed by atoms with E-state index < -0.39 is 21.7 Å². The molecule has 0 amide bonds. The van der Waals surface area contributed by atoms with Crippen LogP contribution >= 0.6 is 11.8 Å². The van der Waals surface area contributed by atoms with Crippen molar-refractivity contribution < 1.29 is 21.9 Å². The number of fused-ring (bicyclic) bond motifs is 1. The lowest BCUT2D eigenvalue weighted by molar-refractivity contribution is 0.431. The van der Waals surface area contributed by atoms with E-state index in [9.17, 15) is 12.8 Å². The number of hydrogen-bond acceptors (Lipinski definition) is 5. The molecule has 0 saturated heterocycles. The molecule has 32 heavy (non-hydrogen) atoms. The zero-order valence-electron chi connectivity index (χ0n) is 16.7. The van der Waals surface area contributed by atoms with Crippen molar-refractivity contribution in [1.29, 1.82) is 5.26 Å². The quantitative estimate of drug-likeness (QED) is 0.339. The molecule has 3 aromatic carbocycles. The van der Waals surface area contributed by atoms with Gasteiger partial charge in [-0.15, -0.1) is 11.8 Å². The number of benzene rings is 3. The maximum atomic E-state index is 15.1. The Balaban J connectivity index is 1.79. The molecule has 0 aliphatic rings. The molecular weight excluding hydrogens is 454 g/mol. The van der Waals surface area contributed by atoms with Crippen LogP contribution in [0.4, 0.5) is 8.78 Å². The zero-order chi connectivity index (χ0) is 22.9. The van der Waals surface area contributed by atoms with Crippen LogP contribution in [0.15, 0.2) is 71.8 Å². The van der Waals surface area contributed by atoms with Crippen molar-refractivity contribution in [3.05, 3.63) is 89.6 Å². The summed E-state index contributed by atoms with van der Waals surface area (Å²) in [5.74, 6) is -1.76. The van der Waals surface area contributed by atoms with Gasteiger partial charge in [0.15, 0.2) is 11.6 Å². The molecule has 0 N–H and O–H groups in total. The van der Waals surface area contributed by atoms with Crippen LogP contribution < -0.4 is 4.74 Å². The van der Waals surface area contributed by atoms with E-state index in [2.05, 4.69) is 0 Å². The second kappa shape index (κ2) is 8.65. The first kappa shape index (κ1) is 21.9. The van der Waals surface area contributed by atoms with E-state index in [-0.39, 0.29) is 28.3 Å². The van der Waals surface area contributed by atoms with Gasteiger partial charge in [0, 0.05) is 23.7 Å². The summed E-state index contributed by atoms with van der Waals surface area (Å²) < 4.78 is 61.4. The first-order chi connectivity index (χ1) is 15.3. The van der Waals surface area contributed by atoms with Gasteiger partial charge < -0.3 is 4.74 Å². The van der Waals surface area contributed by atoms with Crippen molar-refractivity contribution in [3.63, 3.8) is 0 Å². The number of rotatable bonds is 6. The second-order valence-corrected chi connectivity index (χ2v) is 9.52. The number of thioether (sulfide) groups is 1. The highest BCUT2D eigenvalue weighted by Crippen LogP contribution is 2.41. The van der Waals surface area contributed by atoms with Crippen molar-refractivity contribution in [2.45, 2.75) is 10.6 Å². The first-order valence-corrected chi connectivity index (χ1v) is 12.2. The van der Waals surface area contributed by atoms with Gasteiger partial charge in [0.2, 0.25) is 10.0 Å². The fourth-order valence-corrected chi connectivity index (χ4v) is 5.51. The third-order valence-corrected chi connectivity index (χ3v) is 7.22. The Labute approximate surface area is 187 Å². The number of halogens is 2. The predicted molar refractivity (Wildman–Crippen MR) is 119 cm³/mol. The maximum absolute atomic E-state index is 15.1. The Morgan fingerprint density at radius 1 is 1.06 bits per heavy atom. The highest BCUT2D eigenvalue weighted by molar-refractivity contribution is 7.99. The molecule has 0 aliphatic heterocycles. The molecule has 4 rings (SSSR count). The van der Waals surface area contributed by atoms with E-state index in [1.54, 1.807) is 48.7 Å². The van der Waals surface area contributed by atoms with Crippen LogP contribution in [0.1, 0.15) is 11.1 Å². The van der Waals surface area contributed by atoms with Gasteiger partial charge >= 0.3 is 0 Å². The molecule has 0 unspecified atom stereocenters. The monoisotopic (exact) mass is 470 g/mol. The summed E-state index contributed by atoms with van der Waals surface area (Å²) in [4.78, 5) is 0.386. The standard InChI is InChI=1S/C23H16F2N2O3S2/c1-31-23-18-9-10-27(32(28,29)14-15-5-3-2-4-6-15)21(18)12-20(25)22(23)30-17-7-8-19(24)16(11-17)13-26/h2-12H,14H2,1H3. The third-order valence-electron chi connectivity index (χ3n) is 4.80. The summed E-state index contributed by atoms with van der Waals surface area (Å²) in [6.45, 7) is 0. The Morgan fingerprint density at radius 3 is 2.50 bits per heavy atom. The van der Waals surface area contributed by atoms with Gasteiger partial charge in [-0.1, -0.05) is 30.3 Å². The van der Waals surface area contributed by atoms with Crippen molar-refractivity contribution in [3.8, 4) is 17.6 Å². The Kier molecular flexibility index (Phi) is 5.91. The van der Waals surface area contributed by atoms with Crippen molar-refractivity contribution in [2.75, 3.05) is 6.26 Å². The third kappa shape index (κ3) is 4.07. The lowest BCUT2D eigenvalue weighted by Crippen LogP contribution is -2.14. The number of nitrogens with zero attached hydrogens (tertiary/aromatic N) is 2. The van der Waals surface area contributed by atoms with Crippen LogP contribution in [0.3, 0.4) is 0 Å². The van der Waals surface area contributed by atoms with Crippen LogP contribution in [0.25, 0.3) is 10.9 Å². The normalized spacial score (nSPS) is 11.4. The minimum absolute atomic E-state index is 0.0904. The molecule has 4 aromatic rings. The van der Waals surface area contributed by atoms with E-state index in [1.807, 2.05) is 0 Å². The Bertz CT molecular complexity index is 1460. The summed E-state index contributed by atoms with van der Waals surface area (Å²) in [6.07, 6.45) is 3.10. The molecule has 162 valence electrons. The van der Waals surface area contributed by atoms with E-state index in [0.29, 0.717) is 15.8 Å². The summed E-state index contributed by atoms with van der Waals surface area (Å²) in [6, 6.07) is 16.6. The van der Waals surface area contributed by atoms with Gasteiger partial charge in [0.25, 0.3) is 0 Å². The largest absolute Gasteiger partial charge is 0.453 e. The molecule has 0 spiro atoms. The molecule has 9 heteroatoms. The second-order valence-electron chi connectivity index (χ2n) is 6.86. The average Bonchev–Trinajstić information content (AvgIpc) is 3.20. The molecule has 5 nitrogen and oxygen atoms in total. The van der Waals surface area contributed by atoms with Gasteiger partial charge in [-0.2, -0.15) is 5.26 Å². The maximum Gasteiger partial charge on any atom is 0.243 e. The zero-order valence-corrected chi connectivity index (χ0v) is 18.4. The minimum atomic E-state index is -3.80. The molecule has 0 atom stereocenters. The highest BCUT2D eigenvalue weighted by Gasteiger charge is 2.23. The SMILES string of the molecule is CSc1c(Oc2ccc(F)c(C#N)c2)c(F)cc2c1ccn2S(=O)(=O)Cc1ccccc1. The molecule has 0 radical (unpaired) electrons. The van der Waals surface area contributed by atoms with Gasteiger partial charge in [-0.25, -0.2) is 21.2 Å². The van der Waals surface area contributed by atoms with E-state index in [4.69, 9.17) is 10.00 Å². The highest BCUT2D eigenvalue weighted by atomic mass is 32.2. The van der Waals surface area contributed by atoms with Crippen molar-refractivity contribution in [1.82, 2.24) is 3.97 Å². The van der Waals surface area contributed by atoms with Gasteiger partial charge in [0.1, 0.15) is 17.6 Å². The lowest BCUT2D eigenvalue weighted by atomic mass is 10.2. The van der Waals surface area contributed by atoms with Crippen LogP contribution in [0, 0.1) is 23.0 Å². The van der Waals surface area contributed by atoms with Crippen LogP contribution in [-0.2, 0) is 15.8 Å². The van der Waals surface area contributed by atoms with Gasteiger partial charge in [-0.05, 0) is 30.0 Å². The van der Waals surface area contributed by atoms with Crippen LogP contribution in [-0.4, -0.2) is 18.6 Å². The number of aromatic nitrogens is 1. The molecular formula is C23H16F2N2O3S2. The summed E-state index contributed by atoms with van der Waals surface area (Å²) >= 11 is 1.19. The number of ether oxygens (including phenoxy) is 1. The minimum Gasteiger partial charge on any atom is -0.453 e. The van der Waals surface area contributed by atoms with Gasteiger partial charge in [-0.3, -0.25) is 0 Å². The molecule has 1 heterocycles. The molecule has 0 bridgehead atoms. The average molecular weight is 471 g/mol. The number of hydrogen-bond donors (Lipinski definition) is 0. The summed E-state index contributed by atoms with van der Waals surface area (Å²) in [7, 11) is -3.80. The molecule has 0 aliphatic carbocycles. The summed E-state index contributed by atoms with van der Waals surface area (Å²) in [5, 5.41) is 9.50. The molecule has 0 saturated carbocycles. The Morgan fingerprint density at radius 2 is 1.81 bits per heavy atom. The predicted octanol–water partition coefficient (Wildman–Crippen LogP) is 5.68. The Hall–Kier alpha value is -3.35.